The van der Waals surface area contributed by atoms with Gasteiger partial charge in [-0.15, -0.1) is 0 Å². The summed E-state index contributed by atoms with van der Waals surface area (Å²) in [6.07, 6.45) is 2.26. The zero-order chi connectivity index (χ0) is 18.3. The number of rotatable bonds is 4. The van der Waals surface area contributed by atoms with E-state index in [9.17, 15) is 9.59 Å². The lowest BCUT2D eigenvalue weighted by molar-refractivity contribution is -0.125. The molecule has 1 aromatic heterocycles. The number of aromatic amines is 1. The zero-order valence-corrected chi connectivity index (χ0v) is 14.9. The van der Waals surface area contributed by atoms with Crippen molar-refractivity contribution in [2.75, 3.05) is 25.0 Å². The summed E-state index contributed by atoms with van der Waals surface area (Å²) in [7, 11) is 2.03. The molecule has 0 saturated carbocycles. The van der Waals surface area contributed by atoms with Gasteiger partial charge in [0.15, 0.2) is 0 Å². The van der Waals surface area contributed by atoms with Crippen molar-refractivity contribution in [2.24, 2.45) is 5.73 Å². The Hall–Kier alpha value is -2.76. The summed E-state index contributed by atoms with van der Waals surface area (Å²) in [5.41, 5.74) is 9.98. The molecule has 1 saturated heterocycles. The number of fused-ring (bicyclic) bond motifs is 1. The Morgan fingerprint density at radius 3 is 2.76 bits per heavy atom. The number of primary amides is 1. The van der Waals surface area contributed by atoms with Crippen LogP contribution in [0.1, 0.15) is 28.0 Å². The van der Waals surface area contributed by atoms with E-state index in [1.165, 1.54) is 6.08 Å². The van der Waals surface area contributed by atoms with E-state index in [1.54, 1.807) is 6.07 Å². The van der Waals surface area contributed by atoms with Crippen molar-refractivity contribution in [1.82, 2.24) is 9.88 Å². The number of H-pyrrole nitrogens is 1. The van der Waals surface area contributed by atoms with Gasteiger partial charge >= 0.3 is 0 Å². The predicted octanol–water partition coefficient (Wildman–Crippen LogP) is 2.11. The van der Waals surface area contributed by atoms with Gasteiger partial charge in [0.25, 0.3) is 5.91 Å². The maximum absolute atomic E-state index is 11.8. The highest BCUT2D eigenvalue weighted by Crippen LogP contribution is 2.35. The Morgan fingerprint density at radius 2 is 2.12 bits per heavy atom. The fourth-order valence-corrected chi connectivity index (χ4v) is 3.65. The van der Waals surface area contributed by atoms with E-state index in [-0.39, 0.29) is 11.9 Å². The van der Waals surface area contributed by atoms with E-state index >= 15 is 0 Å². The molecule has 6 heteroatoms. The summed E-state index contributed by atoms with van der Waals surface area (Å²) in [6.45, 7) is 8.99. The molecule has 1 aliphatic heterocycles. The van der Waals surface area contributed by atoms with Crippen molar-refractivity contribution in [3.05, 3.63) is 41.6 Å². The summed E-state index contributed by atoms with van der Waals surface area (Å²) in [5.74, 6) is -0.470. The molecule has 0 bridgehead atoms. The summed E-state index contributed by atoms with van der Waals surface area (Å²) in [5, 5.41) is 1.02. The number of anilines is 1. The van der Waals surface area contributed by atoms with E-state index in [2.05, 4.69) is 16.5 Å². The number of nitrogens with one attached hydrogen (secondary N) is 1. The van der Waals surface area contributed by atoms with Gasteiger partial charge in [0.05, 0.1) is 11.1 Å². The van der Waals surface area contributed by atoms with Gasteiger partial charge in [-0.2, -0.15) is 0 Å². The van der Waals surface area contributed by atoms with Crippen LogP contribution in [0.3, 0.4) is 0 Å². The standard InChI is InChI=1S/C19H24N4O2/c1-5-16(24)23-9-8-13(10-23)22(4)15-7-6-14(19(20)25)18-17(15)11(2)12(3)21-18/h5-7,13,21H,1,8-10H2,2-4H3,(H2,20,25). The van der Waals surface area contributed by atoms with Gasteiger partial charge < -0.3 is 20.5 Å². The smallest absolute Gasteiger partial charge is 0.250 e. The van der Waals surface area contributed by atoms with E-state index in [0.29, 0.717) is 12.1 Å². The average molecular weight is 340 g/mol. The van der Waals surface area contributed by atoms with E-state index < -0.39 is 5.91 Å². The molecule has 132 valence electrons. The number of benzene rings is 1. The summed E-state index contributed by atoms with van der Waals surface area (Å²) in [6, 6.07) is 3.94. The number of likely N-dealkylation sites (N-methyl/N-ethyl adjacent to an activating group) is 1. The molecule has 1 atom stereocenters. The van der Waals surface area contributed by atoms with Crippen molar-refractivity contribution < 1.29 is 9.59 Å². The van der Waals surface area contributed by atoms with Crippen LogP contribution in [-0.2, 0) is 4.79 Å². The fourth-order valence-electron chi connectivity index (χ4n) is 3.65. The highest BCUT2D eigenvalue weighted by molar-refractivity contribution is 6.10. The fraction of sp³-hybridized carbons (Fsp3) is 0.368. The van der Waals surface area contributed by atoms with Crippen LogP contribution >= 0.6 is 0 Å². The summed E-state index contributed by atoms with van der Waals surface area (Å²) < 4.78 is 0. The van der Waals surface area contributed by atoms with E-state index in [0.717, 1.165) is 40.8 Å². The molecule has 2 amide bonds. The maximum atomic E-state index is 11.8. The van der Waals surface area contributed by atoms with Crippen LogP contribution in [0.25, 0.3) is 10.9 Å². The number of hydrogen-bond donors (Lipinski definition) is 2. The quantitative estimate of drug-likeness (QED) is 0.836. The Bertz CT molecular complexity index is 868. The van der Waals surface area contributed by atoms with Gasteiger partial charge in [-0.25, -0.2) is 0 Å². The van der Waals surface area contributed by atoms with Gasteiger partial charge in [0.1, 0.15) is 0 Å². The second kappa shape index (κ2) is 6.27. The monoisotopic (exact) mass is 340 g/mol. The number of aromatic nitrogens is 1. The first-order valence-corrected chi connectivity index (χ1v) is 8.41. The van der Waals surface area contributed by atoms with Crippen LogP contribution in [0.15, 0.2) is 24.8 Å². The number of amides is 2. The Labute approximate surface area is 147 Å². The highest BCUT2D eigenvalue weighted by Gasteiger charge is 2.29. The molecule has 1 unspecified atom stereocenters. The highest BCUT2D eigenvalue weighted by atomic mass is 16.2. The van der Waals surface area contributed by atoms with Gasteiger partial charge in [-0.3, -0.25) is 9.59 Å². The third kappa shape index (κ3) is 2.77. The van der Waals surface area contributed by atoms with Gasteiger partial charge in [-0.1, -0.05) is 6.58 Å². The SMILES string of the molecule is C=CC(=O)N1CCC(N(C)c2ccc(C(N)=O)c3[nH]c(C)c(C)c23)C1. The number of likely N-dealkylation sites (tertiary alicyclic amines) is 1. The Balaban J connectivity index is 2.02. The van der Waals surface area contributed by atoms with Gasteiger partial charge in [0.2, 0.25) is 5.91 Å². The normalized spacial score (nSPS) is 17.1. The molecule has 1 fully saturated rings. The number of carbonyl (C=O) groups excluding carboxylic acids is 2. The van der Waals surface area contributed by atoms with Gasteiger partial charge in [0, 0.05) is 42.9 Å². The molecule has 2 aromatic rings. The van der Waals surface area contributed by atoms with E-state index in [1.807, 2.05) is 31.9 Å². The molecule has 0 radical (unpaired) electrons. The van der Waals surface area contributed by atoms with Crippen LogP contribution in [0.5, 0.6) is 0 Å². The van der Waals surface area contributed by atoms with Crippen molar-refractivity contribution >= 4 is 28.4 Å². The zero-order valence-electron chi connectivity index (χ0n) is 14.9. The minimum Gasteiger partial charge on any atom is -0.369 e. The molecular weight excluding hydrogens is 316 g/mol. The largest absolute Gasteiger partial charge is 0.369 e. The third-order valence-electron chi connectivity index (χ3n) is 5.28. The first-order valence-electron chi connectivity index (χ1n) is 8.41. The summed E-state index contributed by atoms with van der Waals surface area (Å²) >= 11 is 0. The van der Waals surface area contributed by atoms with Crippen molar-refractivity contribution in [3.63, 3.8) is 0 Å². The molecule has 0 aliphatic carbocycles. The molecule has 2 heterocycles. The number of hydrogen-bond acceptors (Lipinski definition) is 3. The third-order valence-corrected chi connectivity index (χ3v) is 5.28. The van der Waals surface area contributed by atoms with Crippen molar-refractivity contribution in [1.29, 1.82) is 0 Å². The van der Waals surface area contributed by atoms with E-state index in [4.69, 9.17) is 5.73 Å². The van der Waals surface area contributed by atoms with Crippen LogP contribution in [0, 0.1) is 13.8 Å². The topological polar surface area (TPSA) is 82.4 Å². The van der Waals surface area contributed by atoms with Crippen LogP contribution in [0.4, 0.5) is 5.69 Å². The Morgan fingerprint density at radius 1 is 1.40 bits per heavy atom. The summed E-state index contributed by atoms with van der Waals surface area (Å²) in [4.78, 5) is 30.9. The second-order valence-electron chi connectivity index (χ2n) is 6.66. The molecular formula is C19H24N4O2. The molecule has 1 aromatic carbocycles. The van der Waals surface area contributed by atoms with Crippen LogP contribution < -0.4 is 10.6 Å². The lowest BCUT2D eigenvalue weighted by Gasteiger charge is -2.28. The number of aryl methyl sites for hydroxylation is 2. The van der Waals surface area contributed by atoms with Crippen LogP contribution in [0.2, 0.25) is 0 Å². The molecule has 25 heavy (non-hydrogen) atoms. The number of carbonyl (C=O) groups is 2. The molecule has 3 rings (SSSR count). The van der Waals surface area contributed by atoms with Crippen molar-refractivity contribution in [2.45, 2.75) is 26.3 Å². The van der Waals surface area contributed by atoms with Crippen molar-refractivity contribution in [3.8, 4) is 0 Å². The lowest BCUT2D eigenvalue weighted by atomic mass is 10.0. The maximum Gasteiger partial charge on any atom is 0.250 e. The first-order chi connectivity index (χ1) is 11.8. The molecule has 6 nitrogen and oxygen atoms in total. The minimum absolute atomic E-state index is 0.0289. The number of nitrogens with two attached hydrogens (primary N) is 1. The Kier molecular flexibility index (Phi) is 4.29. The number of nitrogens with zero attached hydrogens (tertiary/aromatic N) is 2. The first kappa shape index (κ1) is 17.1. The lowest BCUT2D eigenvalue weighted by Crippen LogP contribution is -2.36. The van der Waals surface area contributed by atoms with Crippen LogP contribution in [-0.4, -0.2) is 47.9 Å². The second-order valence-corrected chi connectivity index (χ2v) is 6.66. The molecule has 0 spiro atoms. The predicted molar refractivity (Wildman–Crippen MR) is 99.9 cm³/mol. The molecule has 1 aliphatic rings. The van der Waals surface area contributed by atoms with Gasteiger partial charge in [-0.05, 0) is 44.0 Å². The average Bonchev–Trinajstić information content (AvgIpc) is 3.19. The molecule has 3 N–H and O–H groups in total. The minimum atomic E-state index is -0.441.